The fourth-order valence-corrected chi connectivity index (χ4v) is 2.09. The van der Waals surface area contributed by atoms with Gasteiger partial charge in [0.25, 0.3) is 0 Å². The average molecular weight is 373 g/mol. The Morgan fingerprint density at radius 2 is 1.70 bits per heavy atom. The number of hydrogen-bond donors (Lipinski definition) is 0. The van der Waals surface area contributed by atoms with Crippen molar-refractivity contribution < 1.29 is 18.6 Å². The fourth-order valence-electron chi connectivity index (χ4n) is 2.09. The molecule has 1 aliphatic rings. The fraction of sp³-hybridized carbons (Fsp3) is 0.333. The SMILES string of the molecule is CN(C)CC(C1=[C-]CC=C1)c1ccccc1.Cl.Cl.Cl.[V]. The van der Waals surface area contributed by atoms with E-state index in [9.17, 15) is 0 Å². The maximum absolute atomic E-state index is 3.44. The second-order valence-electron chi connectivity index (χ2n) is 4.46. The molecule has 1 aromatic rings. The molecule has 1 atom stereocenters. The van der Waals surface area contributed by atoms with Gasteiger partial charge in [0.05, 0.1) is 0 Å². The van der Waals surface area contributed by atoms with Crippen LogP contribution in [0.15, 0.2) is 48.1 Å². The van der Waals surface area contributed by atoms with Crippen molar-refractivity contribution in [3.8, 4) is 0 Å². The normalized spacial score (nSPS) is 13.2. The summed E-state index contributed by atoms with van der Waals surface area (Å²) in [5, 5.41) is 0. The molecule has 0 aliphatic heterocycles. The van der Waals surface area contributed by atoms with Crippen LogP contribution in [0.5, 0.6) is 0 Å². The summed E-state index contributed by atoms with van der Waals surface area (Å²) >= 11 is 0. The minimum absolute atomic E-state index is 0. The summed E-state index contributed by atoms with van der Waals surface area (Å²) in [5.74, 6) is 0.454. The van der Waals surface area contributed by atoms with Crippen molar-refractivity contribution in [1.29, 1.82) is 0 Å². The van der Waals surface area contributed by atoms with Gasteiger partial charge in [-0.05, 0) is 25.6 Å². The van der Waals surface area contributed by atoms with Gasteiger partial charge >= 0.3 is 0 Å². The Labute approximate surface area is 153 Å². The van der Waals surface area contributed by atoms with Gasteiger partial charge in [-0.25, -0.2) is 11.6 Å². The van der Waals surface area contributed by atoms with Gasteiger partial charge in [0.1, 0.15) is 0 Å². The summed E-state index contributed by atoms with van der Waals surface area (Å²) in [6.45, 7) is 1.04. The van der Waals surface area contributed by atoms with Crippen LogP contribution in [0.3, 0.4) is 0 Å². The van der Waals surface area contributed by atoms with E-state index in [-0.39, 0.29) is 55.8 Å². The molecule has 0 N–H and O–H groups in total. The van der Waals surface area contributed by atoms with Crippen molar-refractivity contribution in [2.75, 3.05) is 20.6 Å². The van der Waals surface area contributed by atoms with Gasteiger partial charge in [-0.3, -0.25) is 6.08 Å². The van der Waals surface area contributed by atoms with Crippen LogP contribution in [0.4, 0.5) is 0 Å². The van der Waals surface area contributed by atoms with Gasteiger partial charge in [-0.2, -0.15) is 6.08 Å². The van der Waals surface area contributed by atoms with Crippen LogP contribution in [-0.4, -0.2) is 25.5 Å². The van der Waals surface area contributed by atoms with E-state index >= 15 is 0 Å². The minimum atomic E-state index is 0. The van der Waals surface area contributed by atoms with E-state index in [4.69, 9.17) is 0 Å². The van der Waals surface area contributed by atoms with E-state index < -0.39 is 0 Å². The molecule has 20 heavy (non-hydrogen) atoms. The number of halogens is 3. The van der Waals surface area contributed by atoms with Gasteiger partial charge < -0.3 is 4.90 Å². The zero-order valence-electron chi connectivity index (χ0n) is 11.7. The Morgan fingerprint density at radius 3 is 2.15 bits per heavy atom. The first-order chi connectivity index (χ1) is 7.77. The predicted octanol–water partition coefficient (Wildman–Crippen LogP) is 4.28. The van der Waals surface area contributed by atoms with Gasteiger partial charge in [0.2, 0.25) is 0 Å². The average Bonchev–Trinajstić information content (AvgIpc) is 2.80. The van der Waals surface area contributed by atoms with Gasteiger partial charge in [-0.15, -0.1) is 43.6 Å². The van der Waals surface area contributed by atoms with Crippen molar-refractivity contribution in [2.45, 2.75) is 12.3 Å². The van der Waals surface area contributed by atoms with Gasteiger partial charge in [0.15, 0.2) is 0 Å². The largest absolute Gasteiger partial charge is 0.309 e. The van der Waals surface area contributed by atoms with Crippen molar-refractivity contribution in [1.82, 2.24) is 4.90 Å². The molecule has 0 saturated carbocycles. The van der Waals surface area contributed by atoms with Crippen LogP contribution in [-0.2, 0) is 18.6 Å². The molecule has 113 valence electrons. The molecule has 1 nitrogen and oxygen atoms in total. The third-order valence-corrected chi connectivity index (χ3v) is 2.85. The van der Waals surface area contributed by atoms with Crippen molar-refractivity contribution >= 4 is 37.2 Å². The number of benzene rings is 1. The predicted molar refractivity (Wildman–Crippen MR) is 90.0 cm³/mol. The Hall–Kier alpha value is 0.114. The first kappa shape index (κ1) is 25.1. The zero-order valence-corrected chi connectivity index (χ0v) is 15.5. The molecular formula is C15H21Cl3NV-. The molecular weight excluding hydrogens is 351 g/mol. The summed E-state index contributed by atoms with van der Waals surface area (Å²) in [7, 11) is 4.24. The summed E-state index contributed by atoms with van der Waals surface area (Å²) < 4.78 is 0. The quantitative estimate of drug-likeness (QED) is 0.713. The van der Waals surface area contributed by atoms with Crippen LogP contribution in [0, 0.1) is 6.08 Å². The molecule has 0 spiro atoms. The van der Waals surface area contributed by atoms with E-state index in [0.717, 1.165) is 13.0 Å². The molecule has 0 heterocycles. The van der Waals surface area contributed by atoms with Crippen molar-refractivity contribution in [3.05, 3.63) is 59.7 Å². The van der Waals surface area contributed by atoms with Crippen molar-refractivity contribution in [2.24, 2.45) is 0 Å². The standard InChI is InChI=1S/C15H18N.3ClH.V/c1-16(2)12-15(14-10-6-7-11-14)13-8-4-3-5-9-13;;;;/h3-6,8-10,15H,7,12H2,1-2H3;3*1H;/q-1;;;;. The molecule has 1 radical (unpaired) electrons. The van der Waals surface area contributed by atoms with E-state index in [1.807, 2.05) is 0 Å². The molecule has 0 bridgehead atoms. The van der Waals surface area contributed by atoms with Gasteiger partial charge in [0, 0.05) is 25.1 Å². The Kier molecular flexibility index (Phi) is 16.1. The van der Waals surface area contributed by atoms with E-state index in [1.165, 1.54) is 11.1 Å². The first-order valence-electron chi connectivity index (χ1n) is 5.74. The third kappa shape index (κ3) is 7.22. The molecule has 0 fully saturated rings. The van der Waals surface area contributed by atoms with Crippen molar-refractivity contribution in [3.63, 3.8) is 0 Å². The molecule has 1 aliphatic carbocycles. The number of rotatable bonds is 4. The molecule has 5 heteroatoms. The van der Waals surface area contributed by atoms with Crippen LogP contribution in [0.2, 0.25) is 0 Å². The first-order valence-corrected chi connectivity index (χ1v) is 5.74. The minimum Gasteiger partial charge on any atom is -0.309 e. The summed E-state index contributed by atoms with van der Waals surface area (Å²) in [6, 6.07) is 10.7. The number of allylic oxidation sites excluding steroid dienone is 3. The maximum Gasteiger partial charge on any atom is 0.00557 e. The van der Waals surface area contributed by atoms with E-state index in [2.05, 4.69) is 67.6 Å². The molecule has 2 rings (SSSR count). The zero-order chi connectivity index (χ0) is 11.4. The second-order valence-corrected chi connectivity index (χ2v) is 4.46. The molecule has 0 saturated heterocycles. The number of hydrogen-bond acceptors (Lipinski definition) is 1. The second kappa shape index (κ2) is 12.8. The summed E-state index contributed by atoms with van der Waals surface area (Å²) in [6.07, 6.45) is 8.79. The van der Waals surface area contributed by atoms with Gasteiger partial charge in [-0.1, -0.05) is 30.3 Å². The Balaban J connectivity index is -0.000000722. The van der Waals surface area contributed by atoms with E-state index in [0.29, 0.717) is 5.92 Å². The van der Waals surface area contributed by atoms with Crippen LogP contribution >= 0.6 is 37.2 Å². The maximum atomic E-state index is 3.44. The molecule has 0 amide bonds. The molecule has 1 unspecified atom stereocenters. The monoisotopic (exact) mass is 371 g/mol. The summed E-state index contributed by atoms with van der Waals surface area (Å²) in [5.41, 5.74) is 2.71. The van der Waals surface area contributed by atoms with Crippen LogP contribution in [0.25, 0.3) is 0 Å². The van der Waals surface area contributed by atoms with Crippen LogP contribution in [0.1, 0.15) is 17.9 Å². The van der Waals surface area contributed by atoms with E-state index in [1.54, 1.807) is 0 Å². The number of likely N-dealkylation sites (N-methyl/N-ethyl adjacent to an activating group) is 1. The smallest absolute Gasteiger partial charge is 0.00557 e. The molecule has 0 aromatic heterocycles. The van der Waals surface area contributed by atoms with Crippen LogP contribution < -0.4 is 0 Å². The third-order valence-electron chi connectivity index (χ3n) is 2.85. The number of nitrogens with zero attached hydrogens (tertiary/aromatic N) is 1. The summed E-state index contributed by atoms with van der Waals surface area (Å²) in [4.78, 5) is 2.23. The Morgan fingerprint density at radius 1 is 1.10 bits per heavy atom. The molecule has 1 aromatic carbocycles. The Bertz CT molecular complexity index is 405. The topological polar surface area (TPSA) is 3.24 Å².